The number of rotatable bonds is 1. The van der Waals surface area contributed by atoms with E-state index in [1.54, 1.807) is 0 Å². The number of aryl methyl sites for hydroxylation is 1. The molecule has 0 radical (unpaired) electrons. The van der Waals surface area contributed by atoms with Crippen LogP contribution in [0.3, 0.4) is 0 Å². The smallest absolute Gasteiger partial charge is 0.124 e. The zero-order valence-corrected chi connectivity index (χ0v) is 7.71. The van der Waals surface area contributed by atoms with Crippen LogP contribution in [0.15, 0.2) is 18.2 Å². The Bertz CT molecular complexity index is 312. The molecule has 0 spiro atoms. The zero-order chi connectivity index (χ0) is 9.26. The topological polar surface area (TPSA) is 47.3 Å². The number of ether oxygens (including phenoxy) is 1. The number of hydrazine groups is 1. The van der Waals surface area contributed by atoms with Gasteiger partial charge < -0.3 is 4.74 Å². The molecule has 0 fully saturated rings. The van der Waals surface area contributed by atoms with Crippen LogP contribution in [0.2, 0.25) is 0 Å². The first-order valence-corrected chi connectivity index (χ1v) is 4.51. The van der Waals surface area contributed by atoms with Crippen molar-refractivity contribution in [1.29, 1.82) is 0 Å². The molecule has 1 atom stereocenters. The molecule has 1 aromatic rings. The first-order chi connectivity index (χ1) is 6.31. The van der Waals surface area contributed by atoms with E-state index in [-0.39, 0.29) is 6.04 Å². The van der Waals surface area contributed by atoms with E-state index in [9.17, 15) is 0 Å². The lowest BCUT2D eigenvalue weighted by Gasteiger charge is -2.25. The van der Waals surface area contributed by atoms with Crippen LogP contribution in [0.1, 0.15) is 23.6 Å². The summed E-state index contributed by atoms with van der Waals surface area (Å²) in [5.41, 5.74) is 5.22. The molecule has 0 aromatic heterocycles. The lowest BCUT2D eigenvalue weighted by Crippen LogP contribution is -2.32. The lowest BCUT2D eigenvalue weighted by molar-refractivity contribution is 0.253. The third-order valence-electron chi connectivity index (χ3n) is 2.41. The number of benzene rings is 1. The summed E-state index contributed by atoms with van der Waals surface area (Å²) in [5, 5.41) is 0. The minimum atomic E-state index is 0.239. The molecule has 1 heterocycles. The summed E-state index contributed by atoms with van der Waals surface area (Å²) >= 11 is 0. The summed E-state index contributed by atoms with van der Waals surface area (Å²) in [6.45, 7) is 2.81. The normalized spacial score (nSPS) is 20.6. The van der Waals surface area contributed by atoms with E-state index in [1.807, 2.05) is 6.07 Å². The van der Waals surface area contributed by atoms with Crippen molar-refractivity contribution in [3.05, 3.63) is 29.3 Å². The number of hydrogen-bond acceptors (Lipinski definition) is 3. The average molecular weight is 178 g/mol. The molecule has 70 valence electrons. The molecular weight excluding hydrogens is 164 g/mol. The summed E-state index contributed by atoms with van der Waals surface area (Å²) in [5.74, 6) is 6.42. The lowest BCUT2D eigenvalue weighted by atomic mass is 9.99. The molecule has 0 saturated carbocycles. The maximum Gasteiger partial charge on any atom is 0.124 e. The zero-order valence-electron chi connectivity index (χ0n) is 7.71. The van der Waals surface area contributed by atoms with Crippen molar-refractivity contribution >= 4 is 0 Å². The fraction of sp³-hybridized carbons (Fsp3) is 0.400. The molecule has 0 amide bonds. The molecule has 13 heavy (non-hydrogen) atoms. The van der Waals surface area contributed by atoms with Gasteiger partial charge in [-0.15, -0.1) is 0 Å². The Hall–Kier alpha value is -1.06. The molecule has 0 aliphatic carbocycles. The highest BCUT2D eigenvalue weighted by molar-refractivity contribution is 5.40. The van der Waals surface area contributed by atoms with Gasteiger partial charge in [-0.1, -0.05) is 17.7 Å². The van der Waals surface area contributed by atoms with E-state index in [4.69, 9.17) is 10.6 Å². The van der Waals surface area contributed by atoms with E-state index in [0.717, 1.165) is 18.8 Å². The largest absolute Gasteiger partial charge is 0.493 e. The number of nitrogens with one attached hydrogen (secondary N) is 1. The van der Waals surface area contributed by atoms with Gasteiger partial charge in [0.25, 0.3) is 0 Å². The van der Waals surface area contributed by atoms with Gasteiger partial charge in [-0.25, -0.2) is 0 Å². The predicted octanol–water partition coefficient (Wildman–Crippen LogP) is 1.28. The van der Waals surface area contributed by atoms with Gasteiger partial charge in [0.2, 0.25) is 0 Å². The molecular formula is C10H14N2O. The fourth-order valence-corrected chi connectivity index (χ4v) is 1.69. The van der Waals surface area contributed by atoms with Crippen molar-refractivity contribution in [3.8, 4) is 5.75 Å². The van der Waals surface area contributed by atoms with Crippen LogP contribution in [-0.2, 0) is 0 Å². The second-order valence-corrected chi connectivity index (χ2v) is 3.40. The van der Waals surface area contributed by atoms with Gasteiger partial charge in [0.05, 0.1) is 12.6 Å². The SMILES string of the molecule is Cc1ccc2c(c1)C(NN)CCO2. The summed E-state index contributed by atoms with van der Waals surface area (Å²) in [7, 11) is 0. The van der Waals surface area contributed by atoms with E-state index in [1.165, 1.54) is 11.1 Å². The first-order valence-electron chi connectivity index (χ1n) is 4.51. The molecule has 1 aliphatic rings. The molecule has 3 N–H and O–H groups in total. The second-order valence-electron chi connectivity index (χ2n) is 3.40. The third kappa shape index (κ3) is 1.53. The number of fused-ring (bicyclic) bond motifs is 1. The summed E-state index contributed by atoms with van der Waals surface area (Å²) < 4.78 is 5.51. The van der Waals surface area contributed by atoms with E-state index < -0.39 is 0 Å². The maximum atomic E-state index is 5.51. The number of hydrogen-bond donors (Lipinski definition) is 2. The van der Waals surface area contributed by atoms with Gasteiger partial charge >= 0.3 is 0 Å². The van der Waals surface area contributed by atoms with Crippen molar-refractivity contribution in [2.45, 2.75) is 19.4 Å². The summed E-state index contributed by atoms with van der Waals surface area (Å²) in [6.07, 6.45) is 0.937. The van der Waals surface area contributed by atoms with Crippen LogP contribution >= 0.6 is 0 Å². The fourth-order valence-electron chi connectivity index (χ4n) is 1.69. The van der Waals surface area contributed by atoms with Gasteiger partial charge in [0.1, 0.15) is 5.75 Å². The standard InChI is InChI=1S/C10H14N2O/c1-7-2-3-10-8(6-7)9(12-11)4-5-13-10/h2-3,6,9,12H,4-5,11H2,1H3. The van der Waals surface area contributed by atoms with Crippen molar-refractivity contribution in [1.82, 2.24) is 5.43 Å². The minimum Gasteiger partial charge on any atom is -0.493 e. The average Bonchev–Trinajstić information content (AvgIpc) is 2.17. The van der Waals surface area contributed by atoms with Crippen molar-refractivity contribution < 1.29 is 4.74 Å². The van der Waals surface area contributed by atoms with Crippen LogP contribution in [0, 0.1) is 6.92 Å². The van der Waals surface area contributed by atoms with Crippen molar-refractivity contribution in [3.63, 3.8) is 0 Å². The van der Waals surface area contributed by atoms with Gasteiger partial charge in [0, 0.05) is 12.0 Å². The Balaban J connectivity index is 2.41. The third-order valence-corrected chi connectivity index (χ3v) is 2.41. The molecule has 3 heteroatoms. The molecule has 2 rings (SSSR count). The van der Waals surface area contributed by atoms with E-state index >= 15 is 0 Å². The molecule has 1 aromatic carbocycles. The van der Waals surface area contributed by atoms with Crippen LogP contribution in [0.25, 0.3) is 0 Å². The predicted molar refractivity (Wildman–Crippen MR) is 51.4 cm³/mol. The first kappa shape index (κ1) is 8.53. The molecule has 0 saturated heterocycles. The Morgan fingerprint density at radius 2 is 2.38 bits per heavy atom. The van der Waals surface area contributed by atoms with E-state index in [0.29, 0.717) is 0 Å². The van der Waals surface area contributed by atoms with Crippen LogP contribution < -0.4 is 16.0 Å². The maximum absolute atomic E-state index is 5.51. The van der Waals surface area contributed by atoms with Crippen LogP contribution in [-0.4, -0.2) is 6.61 Å². The van der Waals surface area contributed by atoms with Crippen molar-refractivity contribution in [2.24, 2.45) is 5.84 Å². The van der Waals surface area contributed by atoms with Crippen LogP contribution in [0.4, 0.5) is 0 Å². The van der Waals surface area contributed by atoms with Gasteiger partial charge in [-0.05, 0) is 13.0 Å². The molecule has 1 aliphatic heterocycles. The Labute approximate surface area is 77.9 Å². The molecule has 1 unspecified atom stereocenters. The summed E-state index contributed by atoms with van der Waals surface area (Å²) in [4.78, 5) is 0. The molecule has 3 nitrogen and oxygen atoms in total. The highest BCUT2D eigenvalue weighted by Gasteiger charge is 2.19. The highest BCUT2D eigenvalue weighted by atomic mass is 16.5. The van der Waals surface area contributed by atoms with Crippen molar-refractivity contribution in [2.75, 3.05) is 6.61 Å². The van der Waals surface area contributed by atoms with Gasteiger partial charge in [0.15, 0.2) is 0 Å². The van der Waals surface area contributed by atoms with Gasteiger partial charge in [-0.2, -0.15) is 0 Å². The highest BCUT2D eigenvalue weighted by Crippen LogP contribution is 2.31. The van der Waals surface area contributed by atoms with Crippen LogP contribution in [0.5, 0.6) is 5.75 Å². The quantitative estimate of drug-likeness (QED) is 0.503. The molecule has 0 bridgehead atoms. The van der Waals surface area contributed by atoms with Gasteiger partial charge in [-0.3, -0.25) is 11.3 Å². The van der Waals surface area contributed by atoms with E-state index in [2.05, 4.69) is 24.5 Å². The second kappa shape index (κ2) is 3.36. The number of nitrogens with two attached hydrogens (primary N) is 1. The monoisotopic (exact) mass is 178 g/mol. The Morgan fingerprint density at radius 3 is 3.15 bits per heavy atom. The minimum absolute atomic E-state index is 0.239. The summed E-state index contributed by atoms with van der Waals surface area (Å²) in [6, 6.07) is 6.42. The Kier molecular flexibility index (Phi) is 2.20. The Morgan fingerprint density at radius 1 is 1.54 bits per heavy atom.